The number of imidazole rings is 1. The average molecular weight is 1070 g/mol. The van der Waals surface area contributed by atoms with Crippen LogP contribution in [0, 0.1) is 0 Å². The number of aromatic nitrogens is 2. The standard InChI is InChI=1S/C24H20ClN3O.C18H16ClNO3.C6H8N2.CH3PS.CH4.BI/c25-18-6-3-5-16(15-18)22(29)26-19-11-9-17(10-12-19)24(13-4-14-24)23-27-20-7-1-2-8-21(20)28-23;19-14-4-1-3-12(11-14)16(21)20-15-7-5-13(6-8-15)18(17(22)23)9-2-10-18;7-5-3-1-2-4-6(5)8;1-2-3;;1-2/h1-3,5-12,15H,4,13-14H2,(H,26,29)(H,27,28);1,3-8,11H,2,9-10H2,(H,20,21)(H,22,23);1-4H,7-8H2;1H3;1H4;. The molecule has 1 heterocycles. The molecule has 16 heteroatoms. The third-order valence-electron chi connectivity index (χ3n) is 11.2. The van der Waals surface area contributed by atoms with Crippen LogP contribution in [0.2, 0.25) is 10.0 Å². The molecule has 0 unspecified atom stereocenters. The summed E-state index contributed by atoms with van der Waals surface area (Å²) in [6.45, 7) is 1.91. The maximum Gasteiger partial charge on any atom is 0.314 e. The Hall–Kier alpha value is -5.31. The van der Waals surface area contributed by atoms with Gasteiger partial charge >= 0.3 is 5.97 Å². The van der Waals surface area contributed by atoms with Crippen molar-refractivity contribution in [2.45, 2.75) is 56.8 Å². The maximum atomic E-state index is 12.5. The van der Waals surface area contributed by atoms with Crippen LogP contribution in [-0.2, 0) is 27.4 Å². The van der Waals surface area contributed by atoms with Crippen LogP contribution in [0.15, 0.2) is 146 Å². The monoisotopic (exact) mass is 1070 g/mol. The van der Waals surface area contributed by atoms with Crippen molar-refractivity contribution in [3.05, 3.63) is 184 Å². The lowest BCUT2D eigenvalue weighted by Crippen LogP contribution is -2.42. The zero-order chi connectivity index (χ0) is 47.0. The lowest BCUT2D eigenvalue weighted by Gasteiger charge is -2.40. The van der Waals surface area contributed by atoms with E-state index < -0.39 is 11.4 Å². The van der Waals surface area contributed by atoms with Crippen LogP contribution in [0.1, 0.15) is 83.6 Å². The summed E-state index contributed by atoms with van der Waals surface area (Å²) in [5, 5.41) is 16.2. The van der Waals surface area contributed by atoms with Gasteiger partial charge in [-0.1, -0.05) is 116 Å². The van der Waals surface area contributed by atoms with E-state index in [1.54, 1.807) is 107 Å². The molecule has 9 rings (SSSR count). The highest BCUT2D eigenvalue weighted by molar-refractivity contribution is 14.1. The molecule has 0 saturated heterocycles. The smallest absolute Gasteiger partial charge is 0.314 e. The Morgan fingerprint density at radius 3 is 1.52 bits per heavy atom. The number of carboxylic acid groups (broad SMARTS) is 1. The zero-order valence-electron chi connectivity index (χ0n) is 35.4. The summed E-state index contributed by atoms with van der Waals surface area (Å²) in [6, 6.07) is 44.2. The van der Waals surface area contributed by atoms with Gasteiger partial charge in [-0.05, 0) is 136 Å². The lowest BCUT2D eigenvalue weighted by molar-refractivity contribution is -0.147. The molecule has 66 heavy (non-hydrogen) atoms. The summed E-state index contributed by atoms with van der Waals surface area (Å²) in [4.78, 5) is 44.5. The van der Waals surface area contributed by atoms with E-state index in [1.807, 2.05) is 49.1 Å². The zero-order valence-corrected chi connectivity index (χ0v) is 40.8. The number of hydrogen-bond acceptors (Lipinski definition) is 7. The minimum absolute atomic E-state index is 0. The molecule has 2 radical (unpaired) electrons. The van der Waals surface area contributed by atoms with Gasteiger partial charge in [0.2, 0.25) is 0 Å². The molecular weight excluding hydrogens is 1020 g/mol. The molecule has 0 aliphatic heterocycles. The molecule has 10 nitrogen and oxygen atoms in total. The largest absolute Gasteiger partial charge is 0.481 e. The van der Waals surface area contributed by atoms with Crippen molar-refractivity contribution in [1.82, 2.24) is 9.97 Å². The second-order valence-electron chi connectivity index (χ2n) is 15.2. The number of aliphatic carboxylic acids is 1. The minimum atomic E-state index is -0.778. The molecule has 0 atom stereocenters. The molecule has 6 aromatic carbocycles. The van der Waals surface area contributed by atoms with Crippen LogP contribution in [0.25, 0.3) is 11.0 Å². The van der Waals surface area contributed by atoms with Gasteiger partial charge in [0.25, 0.3) is 11.8 Å². The molecule has 0 bridgehead atoms. The minimum Gasteiger partial charge on any atom is -0.481 e. The van der Waals surface area contributed by atoms with E-state index in [0.717, 1.165) is 54.7 Å². The SMILES string of the molecule is C.CP=S.Nc1ccccc1N.O=C(Nc1ccc(C2(C(=O)O)CCC2)cc1)c1cccc(Cl)c1.O=C(Nc1ccc(C2(c3nc4ccccc4[nH]3)CCC2)cc1)c1cccc(Cl)c1.[B]I. The molecule has 0 spiro atoms. The Kier molecular flexibility index (Phi) is 20.6. The number of hydrogen-bond donors (Lipinski definition) is 6. The first-order valence-corrected chi connectivity index (χ1v) is 24.8. The summed E-state index contributed by atoms with van der Waals surface area (Å²) in [5.41, 5.74) is 22.2. The van der Waals surface area contributed by atoms with Crippen LogP contribution in [0.4, 0.5) is 22.7 Å². The third kappa shape index (κ3) is 13.4. The number of fused-ring (bicyclic) bond motifs is 1. The van der Waals surface area contributed by atoms with Gasteiger partial charge in [0, 0.05) is 32.5 Å². The first-order valence-electron chi connectivity index (χ1n) is 20.4. The molecule has 2 aliphatic rings. The van der Waals surface area contributed by atoms with Gasteiger partial charge in [0.05, 0.1) is 33.2 Å². The number of halogens is 3. The highest BCUT2D eigenvalue weighted by Gasteiger charge is 2.46. The molecule has 7 aromatic rings. The van der Waals surface area contributed by atoms with Crippen molar-refractivity contribution in [2.75, 3.05) is 28.8 Å². The van der Waals surface area contributed by atoms with Gasteiger partial charge in [-0.2, -0.15) is 22.4 Å². The number of nitrogens with two attached hydrogens (primary N) is 2. The third-order valence-corrected chi connectivity index (χ3v) is 11.7. The van der Waals surface area contributed by atoms with Gasteiger partial charge in [-0.15, -0.1) is 0 Å². The number of carbonyl (C=O) groups is 3. The van der Waals surface area contributed by atoms with Crippen LogP contribution < -0.4 is 22.1 Å². The fourth-order valence-electron chi connectivity index (χ4n) is 7.45. The van der Waals surface area contributed by atoms with Crippen molar-refractivity contribution in [3.8, 4) is 0 Å². The number of rotatable bonds is 8. The highest BCUT2D eigenvalue weighted by atomic mass is 127. The van der Waals surface area contributed by atoms with E-state index in [4.69, 9.17) is 39.7 Å². The molecule has 2 saturated carbocycles. The van der Waals surface area contributed by atoms with E-state index in [1.165, 1.54) is 12.0 Å². The first kappa shape index (κ1) is 53.3. The number of amides is 2. The summed E-state index contributed by atoms with van der Waals surface area (Å²) < 4.78 is 0. The van der Waals surface area contributed by atoms with E-state index in [9.17, 15) is 19.5 Å². The number of carbonyl (C=O) groups excluding carboxylic acids is 2. The fraction of sp³-hybridized carbons (Fsp3) is 0.200. The Balaban J connectivity index is 0.000000229. The molecule has 2 aliphatic carbocycles. The Morgan fingerprint density at radius 1 is 0.697 bits per heavy atom. The molecule has 340 valence electrons. The van der Waals surface area contributed by atoms with Crippen molar-refractivity contribution in [3.63, 3.8) is 0 Å². The molecule has 2 fully saturated rings. The second-order valence-corrected chi connectivity index (χ2v) is 17.5. The number of nitrogens with zero attached hydrogens (tertiary/aromatic N) is 1. The molecule has 1 aromatic heterocycles. The van der Waals surface area contributed by atoms with Gasteiger partial charge in [-0.3, -0.25) is 14.4 Å². The number of anilines is 4. The average Bonchev–Trinajstić information content (AvgIpc) is 3.71. The van der Waals surface area contributed by atoms with E-state index in [2.05, 4.69) is 51.3 Å². The van der Waals surface area contributed by atoms with Crippen LogP contribution in [-0.4, -0.2) is 45.2 Å². The predicted molar refractivity (Wildman–Crippen MR) is 288 cm³/mol. The van der Waals surface area contributed by atoms with Crippen molar-refractivity contribution in [2.24, 2.45) is 0 Å². The number of benzene rings is 6. The number of carboxylic acids is 1. The van der Waals surface area contributed by atoms with E-state index in [0.29, 0.717) is 51.1 Å². The number of H-pyrrole nitrogens is 1. The Bertz CT molecular complexity index is 2670. The number of aromatic amines is 1. The summed E-state index contributed by atoms with van der Waals surface area (Å²) >= 11 is 17.9. The van der Waals surface area contributed by atoms with Crippen molar-refractivity contribution < 1.29 is 19.5 Å². The summed E-state index contributed by atoms with van der Waals surface area (Å²) in [7, 11) is 1.00. The quantitative estimate of drug-likeness (QED) is 0.0377. The fourth-order valence-corrected chi connectivity index (χ4v) is 7.83. The van der Waals surface area contributed by atoms with Crippen molar-refractivity contribution in [1.29, 1.82) is 0 Å². The van der Waals surface area contributed by atoms with E-state index in [-0.39, 0.29) is 24.7 Å². The first-order chi connectivity index (χ1) is 31.4. The van der Waals surface area contributed by atoms with Gasteiger partial charge in [-0.25, -0.2) is 4.98 Å². The number of para-hydroxylation sites is 4. The Labute approximate surface area is 417 Å². The molecule has 2 amide bonds. The van der Waals surface area contributed by atoms with Crippen LogP contribution in [0.3, 0.4) is 0 Å². The lowest BCUT2D eigenvalue weighted by atomic mass is 9.64. The van der Waals surface area contributed by atoms with Crippen molar-refractivity contribution >= 4 is 122 Å². The van der Waals surface area contributed by atoms with Crippen LogP contribution >= 0.6 is 52.9 Å². The molecular formula is C50H51BCl2IN6O4PS. The molecule has 8 N–H and O–H groups in total. The second kappa shape index (κ2) is 25.6. The maximum absolute atomic E-state index is 12.5. The number of nitrogens with one attached hydrogen (secondary N) is 3. The summed E-state index contributed by atoms with van der Waals surface area (Å²) in [5.74, 6) is -0.173. The normalized spacial score (nSPS) is 13.5. The van der Waals surface area contributed by atoms with E-state index >= 15 is 0 Å². The van der Waals surface area contributed by atoms with Gasteiger partial charge in [0.1, 0.15) is 5.82 Å². The van der Waals surface area contributed by atoms with Gasteiger partial charge < -0.3 is 32.2 Å². The summed E-state index contributed by atoms with van der Waals surface area (Å²) in [6.07, 6.45) is 5.58. The van der Waals surface area contributed by atoms with Crippen LogP contribution in [0.5, 0.6) is 0 Å². The highest BCUT2D eigenvalue weighted by Crippen LogP contribution is 2.48. The Morgan fingerprint density at radius 2 is 1.14 bits per heavy atom. The van der Waals surface area contributed by atoms with Gasteiger partial charge in [0.15, 0.2) is 5.70 Å². The topological polar surface area (TPSA) is 176 Å². The number of nitrogen functional groups attached to an aromatic ring is 2. The predicted octanol–water partition coefficient (Wildman–Crippen LogP) is 13.1.